The minimum Gasteiger partial charge on any atom is -0.497 e. The Hall–Kier alpha value is -1.69. The molecule has 20 heavy (non-hydrogen) atoms. The Morgan fingerprint density at radius 2 is 1.65 bits per heavy atom. The van der Waals surface area contributed by atoms with Crippen LogP contribution in [0, 0.1) is 5.82 Å². The standard InChI is InChI=1S/C14H10F4OS/c1-19-9-5-7-10(8-6-9)20-12-4-2-3-11(15)13(12)14(16,17)18/h2-8H,1H3. The van der Waals surface area contributed by atoms with Crippen LogP contribution in [0.1, 0.15) is 5.56 Å². The maximum Gasteiger partial charge on any atom is 0.420 e. The van der Waals surface area contributed by atoms with Gasteiger partial charge in [-0.25, -0.2) is 4.39 Å². The molecule has 1 nitrogen and oxygen atoms in total. The van der Waals surface area contributed by atoms with Crippen LogP contribution in [-0.4, -0.2) is 7.11 Å². The van der Waals surface area contributed by atoms with E-state index in [4.69, 9.17) is 4.74 Å². The Labute approximate surface area is 117 Å². The van der Waals surface area contributed by atoms with E-state index in [0.29, 0.717) is 10.6 Å². The van der Waals surface area contributed by atoms with Crippen molar-refractivity contribution in [1.82, 2.24) is 0 Å². The fraction of sp³-hybridized carbons (Fsp3) is 0.143. The molecular formula is C14H10F4OS. The third-order valence-corrected chi connectivity index (χ3v) is 3.61. The minimum absolute atomic E-state index is 0.164. The molecule has 0 atom stereocenters. The van der Waals surface area contributed by atoms with Gasteiger partial charge in [-0.15, -0.1) is 0 Å². The number of methoxy groups -OCH3 is 1. The van der Waals surface area contributed by atoms with Crippen molar-refractivity contribution in [3.63, 3.8) is 0 Å². The average Bonchev–Trinajstić information content (AvgIpc) is 2.38. The second-order valence-electron chi connectivity index (χ2n) is 3.89. The summed E-state index contributed by atoms with van der Waals surface area (Å²) in [6.07, 6.45) is -4.72. The summed E-state index contributed by atoms with van der Waals surface area (Å²) in [4.78, 5) is 0.407. The molecule has 0 aromatic heterocycles. The Morgan fingerprint density at radius 1 is 1.00 bits per heavy atom. The van der Waals surface area contributed by atoms with Gasteiger partial charge in [-0.2, -0.15) is 13.2 Å². The number of alkyl halides is 3. The van der Waals surface area contributed by atoms with E-state index < -0.39 is 17.6 Å². The lowest BCUT2D eigenvalue weighted by molar-refractivity contribution is -0.142. The van der Waals surface area contributed by atoms with Crippen LogP contribution in [0.25, 0.3) is 0 Å². The molecule has 0 bridgehead atoms. The molecular weight excluding hydrogens is 292 g/mol. The van der Waals surface area contributed by atoms with Gasteiger partial charge in [-0.3, -0.25) is 0 Å². The Kier molecular flexibility index (Phi) is 4.23. The highest BCUT2D eigenvalue weighted by Crippen LogP contribution is 2.41. The third-order valence-electron chi connectivity index (χ3n) is 2.55. The first kappa shape index (κ1) is 14.7. The summed E-state index contributed by atoms with van der Waals surface area (Å²) in [5.74, 6) is -0.666. The number of halogens is 4. The van der Waals surface area contributed by atoms with Crippen LogP contribution in [0.2, 0.25) is 0 Å². The van der Waals surface area contributed by atoms with Gasteiger partial charge in [0.15, 0.2) is 0 Å². The van der Waals surface area contributed by atoms with Crippen molar-refractivity contribution in [2.75, 3.05) is 7.11 Å². The van der Waals surface area contributed by atoms with Crippen LogP contribution < -0.4 is 4.74 Å². The number of benzene rings is 2. The summed E-state index contributed by atoms with van der Waals surface area (Å²) in [6, 6.07) is 9.82. The second-order valence-corrected chi connectivity index (χ2v) is 5.00. The highest BCUT2D eigenvalue weighted by Gasteiger charge is 2.36. The predicted molar refractivity (Wildman–Crippen MR) is 68.5 cm³/mol. The average molecular weight is 302 g/mol. The summed E-state index contributed by atoms with van der Waals surface area (Å²) in [5, 5.41) is 0. The fourth-order valence-electron chi connectivity index (χ4n) is 1.64. The molecule has 6 heteroatoms. The van der Waals surface area contributed by atoms with Gasteiger partial charge < -0.3 is 4.74 Å². The number of ether oxygens (including phenoxy) is 1. The van der Waals surface area contributed by atoms with E-state index in [9.17, 15) is 17.6 Å². The van der Waals surface area contributed by atoms with Gasteiger partial charge in [0.05, 0.1) is 7.11 Å². The van der Waals surface area contributed by atoms with Crippen LogP contribution in [0.5, 0.6) is 5.75 Å². The molecule has 106 valence electrons. The molecule has 0 saturated heterocycles. The fourth-order valence-corrected chi connectivity index (χ4v) is 2.62. The zero-order valence-electron chi connectivity index (χ0n) is 10.4. The molecule has 2 rings (SSSR count). The minimum atomic E-state index is -4.72. The summed E-state index contributed by atoms with van der Waals surface area (Å²) < 4.78 is 57.0. The lowest BCUT2D eigenvalue weighted by atomic mass is 10.2. The molecule has 0 heterocycles. The van der Waals surface area contributed by atoms with E-state index in [-0.39, 0.29) is 4.90 Å². The largest absolute Gasteiger partial charge is 0.497 e. The molecule has 0 aliphatic heterocycles. The van der Waals surface area contributed by atoms with Gasteiger partial charge in [0, 0.05) is 9.79 Å². The predicted octanol–water partition coefficient (Wildman–Crippen LogP) is 5.00. The zero-order valence-corrected chi connectivity index (χ0v) is 11.2. The van der Waals surface area contributed by atoms with Crippen LogP contribution in [-0.2, 0) is 6.18 Å². The monoisotopic (exact) mass is 302 g/mol. The molecule has 0 saturated carbocycles. The highest BCUT2D eigenvalue weighted by molar-refractivity contribution is 7.99. The van der Waals surface area contributed by atoms with Gasteiger partial charge in [0.1, 0.15) is 17.1 Å². The van der Waals surface area contributed by atoms with Crippen LogP contribution in [0.3, 0.4) is 0 Å². The number of rotatable bonds is 3. The van der Waals surface area contributed by atoms with Crippen molar-refractivity contribution < 1.29 is 22.3 Å². The van der Waals surface area contributed by atoms with Crippen LogP contribution >= 0.6 is 11.8 Å². The summed E-state index contributed by atoms with van der Waals surface area (Å²) in [6.45, 7) is 0. The van der Waals surface area contributed by atoms with E-state index in [0.717, 1.165) is 17.8 Å². The van der Waals surface area contributed by atoms with Crippen molar-refractivity contribution in [2.45, 2.75) is 16.0 Å². The van der Waals surface area contributed by atoms with E-state index >= 15 is 0 Å². The third kappa shape index (κ3) is 3.25. The van der Waals surface area contributed by atoms with Crippen molar-refractivity contribution in [1.29, 1.82) is 0 Å². The van der Waals surface area contributed by atoms with E-state index in [1.165, 1.54) is 19.2 Å². The SMILES string of the molecule is COc1ccc(Sc2cccc(F)c2C(F)(F)F)cc1. The maximum absolute atomic E-state index is 13.4. The summed E-state index contributed by atoms with van der Waals surface area (Å²) in [5.41, 5.74) is -1.24. The highest BCUT2D eigenvalue weighted by atomic mass is 32.2. The van der Waals surface area contributed by atoms with Crippen molar-refractivity contribution in [3.8, 4) is 5.75 Å². The first-order valence-electron chi connectivity index (χ1n) is 5.59. The topological polar surface area (TPSA) is 9.23 Å². The first-order chi connectivity index (χ1) is 9.41. The molecule has 0 amide bonds. The Balaban J connectivity index is 2.35. The normalized spacial score (nSPS) is 11.4. The van der Waals surface area contributed by atoms with E-state index in [2.05, 4.69) is 0 Å². The smallest absolute Gasteiger partial charge is 0.420 e. The number of hydrogen-bond donors (Lipinski definition) is 0. The second kappa shape index (κ2) is 5.75. The number of hydrogen-bond acceptors (Lipinski definition) is 2. The lowest BCUT2D eigenvalue weighted by Crippen LogP contribution is -2.09. The summed E-state index contributed by atoms with van der Waals surface area (Å²) >= 11 is 0.859. The zero-order chi connectivity index (χ0) is 14.8. The molecule has 0 aliphatic rings. The van der Waals surface area contributed by atoms with Gasteiger partial charge in [-0.1, -0.05) is 17.8 Å². The maximum atomic E-state index is 13.4. The van der Waals surface area contributed by atoms with Gasteiger partial charge in [0.2, 0.25) is 0 Å². The van der Waals surface area contributed by atoms with Crippen molar-refractivity contribution in [2.24, 2.45) is 0 Å². The molecule has 0 spiro atoms. The van der Waals surface area contributed by atoms with Crippen molar-refractivity contribution in [3.05, 3.63) is 53.8 Å². The first-order valence-corrected chi connectivity index (χ1v) is 6.41. The molecule has 0 unspecified atom stereocenters. The van der Waals surface area contributed by atoms with Crippen LogP contribution in [0.15, 0.2) is 52.3 Å². The molecule has 0 N–H and O–H groups in total. The Morgan fingerprint density at radius 3 is 2.20 bits per heavy atom. The Bertz CT molecular complexity index is 593. The van der Waals surface area contributed by atoms with E-state index in [1.54, 1.807) is 24.3 Å². The van der Waals surface area contributed by atoms with E-state index in [1.807, 2.05) is 0 Å². The molecule has 0 radical (unpaired) electrons. The van der Waals surface area contributed by atoms with Gasteiger partial charge in [0.25, 0.3) is 0 Å². The van der Waals surface area contributed by atoms with Gasteiger partial charge in [-0.05, 0) is 36.4 Å². The van der Waals surface area contributed by atoms with Gasteiger partial charge >= 0.3 is 6.18 Å². The van der Waals surface area contributed by atoms with Crippen LogP contribution in [0.4, 0.5) is 17.6 Å². The lowest BCUT2D eigenvalue weighted by Gasteiger charge is -2.13. The molecule has 2 aromatic rings. The molecule has 0 aliphatic carbocycles. The van der Waals surface area contributed by atoms with Crippen molar-refractivity contribution >= 4 is 11.8 Å². The summed E-state index contributed by atoms with van der Waals surface area (Å²) in [7, 11) is 1.50. The molecule has 0 fully saturated rings. The quantitative estimate of drug-likeness (QED) is 0.738. The molecule has 2 aromatic carbocycles.